The van der Waals surface area contributed by atoms with Crippen LogP contribution in [0.3, 0.4) is 0 Å². The molecule has 4 nitrogen and oxygen atoms in total. The molecule has 0 N–H and O–H groups in total. The third-order valence-corrected chi connectivity index (χ3v) is 5.75. The lowest BCUT2D eigenvalue weighted by molar-refractivity contribution is -0.119. The Balaban J connectivity index is 1.54. The first kappa shape index (κ1) is 17.2. The summed E-state index contributed by atoms with van der Waals surface area (Å²) in [5, 5.41) is 0.778. The number of carbonyl (C=O) groups is 1. The maximum absolute atomic E-state index is 13.0. The van der Waals surface area contributed by atoms with Crippen molar-refractivity contribution in [3.05, 3.63) is 60.2 Å². The lowest BCUT2D eigenvalue weighted by atomic mass is 10.1. The molecular weight excluding hydrogens is 344 g/mol. The van der Waals surface area contributed by atoms with Gasteiger partial charge in [-0.15, -0.1) is 0 Å². The molecule has 1 aliphatic rings. The second-order valence-corrected chi connectivity index (χ2v) is 7.60. The zero-order valence-corrected chi connectivity index (χ0v) is 15.5. The van der Waals surface area contributed by atoms with E-state index in [-0.39, 0.29) is 12.0 Å². The highest BCUT2D eigenvalue weighted by molar-refractivity contribution is 7.22. The van der Waals surface area contributed by atoms with E-state index in [9.17, 15) is 4.79 Å². The third kappa shape index (κ3) is 3.94. The Labute approximate surface area is 157 Å². The van der Waals surface area contributed by atoms with E-state index in [1.807, 2.05) is 41.3 Å². The van der Waals surface area contributed by atoms with E-state index >= 15 is 0 Å². The fourth-order valence-electron chi connectivity index (χ4n) is 3.28. The molecule has 1 aromatic heterocycles. The largest absolute Gasteiger partial charge is 0.376 e. The molecule has 0 radical (unpaired) electrons. The van der Waals surface area contributed by atoms with E-state index in [4.69, 9.17) is 9.72 Å². The average Bonchev–Trinajstić information content (AvgIpc) is 3.34. The van der Waals surface area contributed by atoms with Gasteiger partial charge in [0, 0.05) is 13.0 Å². The molecule has 0 aliphatic carbocycles. The Hall–Kier alpha value is -2.24. The van der Waals surface area contributed by atoms with E-state index < -0.39 is 0 Å². The molecule has 1 atom stereocenters. The predicted molar refractivity (Wildman–Crippen MR) is 106 cm³/mol. The molecule has 0 saturated carbocycles. The minimum absolute atomic E-state index is 0.114. The standard InChI is InChI=1S/C21H22N2O2S/c24-20(13-12-16-7-2-1-3-8-16)23(15-17-9-6-14-25-17)21-22-18-10-4-5-11-19(18)26-21/h1-5,7-8,10-11,17H,6,9,12-15H2/t17-/m1/s1. The van der Waals surface area contributed by atoms with Gasteiger partial charge in [0.2, 0.25) is 5.91 Å². The van der Waals surface area contributed by atoms with Gasteiger partial charge in [0.1, 0.15) is 0 Å². The Morgan fingerprint density at radius 2 is 1.96 bits per heavy atom. The average molecular weight is 366 g/mol. The Morgan fingerprint density at radius 1 is 1.15 bits per heavy atom. The minimum atomic E-state index is 0.114. The predicted octanol–water partition coefficient (Wildman–Crippen LogP) is 4.44. The first-order valence-corrected chi connectivity index (χ1v) is 9.93. The van der Waals surface area contributed by atoms with Crippen LogP contribution < -0.4 is 4.90 Å². The maximum Gasteiger partial charge on any atom is 0.229 e. The molecule has 0 unspecified atom stereocenters. The SMILES string of the molecule is O=C(CCc1ccccc1)N(C[C@H]1CCCO1)c1nc2ccccc2s1. The van der Waals surface area contributed by atoms with Crippen molar-refractivity contribution in [1.29, 1.82) is 0 Å². The van der Waals surface area contributed by atoms with Gasteiger partial charge in [0.15, 0.2) is 5.13 Å². The quantitative estimate of drug-likeness (QED) is 0.648. The number of para-hydroxylation sites is 1. The molecule has 2 heterocycles. The number of rotatable bonds is 6. The van der Waals surface area contributed by atoms with Gasteiger partial charge in [-0.2, -0.15) is 0 Å². The van der Waals surface area contributed by atoms with Crippen LogP contribution in [0, 0.1) is 0 Å². The van der Waals surface area contributed by atoms with Crippen LogP contribution in [0.15, 0.2) is 54.6 Å². The topological polar surface area (TPSA) is 42.4 Å². The van der Waals surface area contributed by atoms with Crippen LogP contribution in [0.4, 0.5) is 5.13 Å². The Kier molecular flexibility index (Phi) is 5.27. The van der Waals surface area contributed by atoms with Crippen LogP contribution in [0.5, 0.6) is 0 Å². The van der Waals surface area contributed by atoms with Gasteiger partial charge in [-0.05, 0) is 37.0 Å². The summed E-state index contributed by atoms with van der Waals surface area (Å²) in [6.45, 7) is 1.38. The Bertz CT molecular complexity index is 839. The summed E-state index contributed by atoms with van der Waals surface area (Å²) in [5.74, 6) is 0.114. The van der Waals surface area contributed by atoms with Crippen molar-refractivity contribution in [2.45, 2.75) is 31.8 Å². The number of benzene rings is 2. The summed E-state index contributed by atoms with van der Waals surface area (Å²) in [5.41, 5.74) is 2.13. The number of thiazole rings is 1. The fraction of sp³-hybridized carbons (Fsp3) is 0.333. The number of amides is 1. The summed E-state index contributed by atoms with van der Waals surface area (Å²) in [6.07, 6.45) is 3.41. The maximum atomic E-state index is 13.0. The van der Waals surface area contributed by atoms with E-state index in [1.165, 1.54) is 5.56 Å². The number of fused-ring (bicyclic) bond motifs is 1. The van der Waals surface area contributed by atoms with E-state index in [2.05, 4.69) is 18.2 Å². The molecular formula is C21H22N2O2S. The Morgan fingerprint density at radius 3 is 2.73 bits per heavy atom. The number of aryl methyl sites for hydroxylation is 1. The van der Waals surface area contributed by atoms with Crippen LogP contribution in [0.25, 0.3) is 10.2 Å². The lowest BCUT2D eigenvalue weighted by Gasteiger charge is -2.23. The van der Waals surface area contributed by atoms with Gasteiger partial charge in [0.25, 0.3) is 0 Å². The van der Waals surface area contributed by atoms with Gasteiger partial charge < -0.3 is 4.74 Å². The van der Waals surface area contributed by atoms with Crippen molar-refractivity contribution in [2.24, 2.45) is 0 Å². The summed E-state index contributed by atoms with van der Waals surface area (Å²) < 4.78 is 6.88. The number of nitrogens with zero attached hydrogens (tertiary/aromatic N) is 2. The van der Waals surface area contributed by atoms with Crippen molar-refractivity contribution < 1.29 is 9.53 Å². The van der Waals surface area contributed by atoms with Crippen molar-refractivity contribution >= 4 is 32.6 Å². The number of ether oxygens (including phenoxy) is 1. The second-order valence-electron chi connectivity index (χ2n) is 6.59. The van der Waals surface area contributed by atoms with Crippen molar-refractivity contribution in [1.82, 2.24) is 4.98 Å². The van der Waals surface area contributed by atoms with Crippen LogP contribution >= 0.6 is 11.3 Å². The van der Waals surface area contributed by atoms with Gasteiger partial charge in [0.05, 0.1) is 22.9 Å². The summed E-state index contributed by atoms with van der Waals surface area (Å²) >= 11 is 1.58. The smallest absolute Gasteiger partial charge is 0.229 e. The molecule has 1 aliphatic heterocycles. The number of anilines is 1. The molecule has 0 spiro atoms. The van der Waals surface area contributed by atoms with Gasteiger partial charge >= 0.3 is 0 Å². The molecule has 2 aromatic carbocycles. The number of hydrogen-bond donors (Lipinski definition) is 0. The van der Waals surface area contributed by atoms with Crippen LogP contribution in [-0.4, -0.2) is 30.1 Å². The molecule has 0 bridgehead atoms. The van der Waals surface area contributed by atoms with Crippen LogP contribution in [0.1, 0.15) is 24.8 Å². The number of hydrogen-bond acceptors (Lipinski definition) is 4. The first-order valence-electron chi connectivity index (χ1n) is 9.11. The van der Waals surface area contributed by atoms with Crippen molar-refractivity contribution in [2.75, 3.05) is 18.1 Å². The molecule has 1 saturated heterocycles. The van der Waals surface area contributed by atoms with Crippen molar-refractivity contribution in [3.8, 4) is 0 Å². The van der Waals surface area contributed by atoms with E-state index in [1.54, 1.807) is 11.3 Å². The summed E-state index contributed by atoms with van der Waals surface area (Å²) in [4.78, 5) is 19.6. The van der Waals surface area contributed by atoms with E-state index in [0.717, 1.165) is 41.2 Å². The molecule has 3 aromatic rings. The highest BCUT2D eigenvalue weighted by Crippen LogP contribution is 2.30. The van der Waals surface area contributed by atoms with Crippen LogP contribution in [-0.2, 0) is 16.0 Å². The van der Waals surface area contributed by atoms with Gasteiger partial charge in [-0.25, -0.2) is 4.98 Å². The monoisotopic (exact) mass is 366 g/mol. The highest BCUT2D eigenvalue weighted by Gasteiger charge is 2.25. The number of carbonyl (C=O) groups excluding carboxylic acids is 1. The number of aromatic nitrogens is 1. The zero-order valence-electron chi connectivity index (χ0n) is 14.6. The minimum Gasteiger partial charge on any atom is -0.376 e. The zero-order chi connectivity index (χ0) is 17.8. The van der Waals surface area contributed by atoms with Crippen molar-refractivity contribution in [3.63, 3.8) is 0 Å². The van der Waals surface area contributed by atoms with Gasteiger partial charge in [-0.3, -0.25) is 9.69 Å². The first-order chi connectivity index (χ1) is 12.8. The fourth-order valence-corrected chi connectivity index (χ4v) is 4.28. The molecule has 1 amide bonds. The molecule has 1 fully saturated rings. The van der Waals surface area contributed by atoms with Crippen LogP contribution in [0.2, 0.25) is 0 Å². The van der Waals surface area contributed by atoms with E-state index in [0.29, 0.717) is 13.0 Å². The summed E-state index contributed by atoms with van der Waals surface area (Å²) in [6, 6.07) is 18.2. The van der Waals surface area contributed by atoms with Gasteiger partial charge in [-0.1, -0.05) is 53.8 Å². The normalized spacial score (nSPS) is 16.8. The molecule has 26 heavy (non-hydrogen) atoms. The highest BCUT2D eigenvalue weighted by atomic mass is 32.1. The third-order valence-electron chi connectivity index (χ3n) is 4.70. The lowest BCUT2D eigenvalue weighted by Crippen LogP contribution is -2.37. The molecule has 4 rings (SSSR count). The molecule has 5 heteroatoms. The second kappa shape index (κ2) is 7.98. The summed E-state index contributed by atoms with van der Waals surface area (Å²) in [7, 11) is 0. The molecule has 134 valence electrons.